The van der Waals surface area contributed by atoms with E-state index in [0.29, 0.717) is 6.42 Å². The van der Waals surface area contributed by atoms with Crippen LogP contribution < -0.4 is 15.4 Å². The molecule has 0 saturated carbocycles. The molecule has 1 aromatic rings. The number of hydrogen-bond donors (Lipinski definition) is 3. The van der Waals surface area contributed by atoms with Crippen LogP contribution in [-0.2, 0) is 16.0 Å². The first kappa shape index (κ1) is 18.7. The molecule has 1 fully saturated rings. The van der Waals surface area contributed by atoms with Crippen molar-refractivity contribution in [2.24, 2.45) is 0 Å². The van der Waals surface area contributed by atoms with Crippen LogP contribution >= 0.6 is 0 Å². The Morgan fingerprint density at radius 2 is 2.04 bits per heavy atom. The molecule has 0 aliphatic carbocycles. The third kappa shape index (κ3) is 5.18. The highest BCUT2D eigenvalue weighted by molar-refractivity contribution is 6.04. The predicted molar refractivity (Wildman–Crippen MR) is 90.1 cm³/mol. The van der Waals surface area contributed by atoms with E-state index in [-0.39, 0.29) is 44.4 Å². The van der Waals surface area contributed by atoms with Crippen LogP contribution in [0.15, 0.2) is 24.3 Å². The van der Waals surface area contributed by atoms with Crippen LogP contribution in [0.1, 0.15) is 18.4 Å². The van der Waals surface area contributed by atoms with E-state index in [1.807, 2.05) is 24.3 Å². The van der Waals surface area contributed by atoms with Gasteiger partial charge in [0.25, 0.3) is 5.91 Å². The number of imide groups is 1. The van der Waals surface area contributed by atoms with Crippen molar-refractivity contribution in [3.63, 3.8) is 0 Å². The van der Waals surface area contributed by atoms with Crippen molar-refractivity contribution >= 4 is 17.8 Å². The highest BCUT2D eigenvalue weighted by Gasteiger charge is 2.37. The van der Waals surface area contributed by atoms with Crippen molar-refractivity contribution in [1.82, 2.24) is 15.5 Å². The first-order valence-corrected chi connectivity index (χ1v) is 8.17. The van der Waals surface area contributed by atoms with Gasteiger partial charge in [-0.25, -0.2) is 4.79 Å². The zero-order valence-electron chi connectivity index (χ0n) is 14.2. The van der Waals surface area contributed by atoms with Crippen LogP contribution in [0.25, 0.3) is 0 Å². The quantitative estimate of drug-likeness (QED) is 0.546. The largest absolute Gasteiger partial charge is 0.497 e. The number of nitrogens with zero attached hydrogens (tertiary/aromatic N) is 1. The molecule has 25 heavy (non-hydrogen) atoms. The maximum atomic E-state index is 12.3. The molecule has 1 saturated heterocycles. The van der Waals surface area contributed by atoms with Crippen LogP contribution in [0, 0.1) is 0 Å². The zero-order valence-corrected chi connectivity index (χ0v) is 14.2. The van der Waals surface area contributed by atoms with E-state index in [1.165, 1.54) is 4.90 Å². The summed E-state index contributed by atoms with van der Waals surface area (Å²) >= 11 is 0. The molecular formula is C17H23N3O5. The third-order valence-electron chi connectivity index (χ3n) is 3.98. The summed E-state index contributed by atoms with van der Waals surface area (Å²) in [5, 5.41) is 13.8. The highest BCUT2D eigenvalue weighted by atomic mass is 16.5. The number of aliphatic hydroxyl groups is 1. The molecule has 3 N–H and O–H groups in total. The molecule has 2 rings (SSSR count). The number of carbonyl (C=O) groups excluding carboxylic acids is 3. The van der Waals surface area contributed by atoms with Gasteiger partial charge in [0.2, 0.25) is 5.91 Å². The zero-order chi connectivity index (χ0) is 18.2. The topological polar surface area (TPSA) is 108 Å². The van der Waals surface area contributed by atoms with Gasteiger partial charge in [-0.3, -0.25) is 14.5 Å². The molecular weight excluding hydrogens is 326 g/mol. The summed E-state index contributed by atoms with van der Waals surface area (Å²) in [5.41, 5.74) is 0.994. The minimum absolute atomic E-state index is 0.114. The molecule has 4 amide bonds. The van der Waals surface area contributed by atoms with E-state index in [9.17, 15) is 14.4 Å². The van der Waals surface area contributed by atoms with Crippen molar-refractivity contribution in [2.45, 2.75) is 25.3 Å². The van der Waals surface area contributed by atoms with Gasteiger partial charge in [0.1, 0.15) is 11.8 Å². The van der Waals surface area contributed by atoms with Gasteiger partial charge in [-0.1, -0.05) is 12.1 Å². The van der Waals surface area contributed by atoms with Crippen molar-refractivity contribution in [3.05, 3.63) is 29.8 Å². The van der Waals surface area contributed by atoms with Crippen molar-refractivity contribution in [2.75, 3.05) is 26.8 Å². The molecule has 0 spiro atoms. The van der Waals surface area contributed by atoms with Gasteiger partial charge in [0.15, 0.2) is 0 Å². The monoisotopic (exact) mass is 349 g/mol. The minimum atomic E-state index is -0.678. The van der Waals surface area contributed by atoms with Crippen LogP contribution in [0.2, 0.25) is 0 Å². The molecule has 1 atom stereocenters. The van der Waals surface area contributed by atoms with Crippen LogP contribution in [0.5, 0.6) is 5.75 Å². The van der Waals surface area contributed by atoms with E-state index in [1.54, 1.807) is 7.11 Å². The average Bonchev–Trinajstić information content (AvgIpc) is 2.90. The summed E-state index contributed by atoms with van der Waals surface area (Å²) in [7, 11) is 1.59. The number of ether oxygens (including phenoxy) is 1. The Hall–Kier alpha value is -2.61. The van der Waals surface area contributed by atoms with E-state index in [0.717, 1.165) is 11.3 Å². The lowest BCUT2D eigenvalue weighted by Gasteiger charge is -2.13. The van der Waals surface area contributed by atoms with E-state index >= 15 is 0 Å². The van der Waals surface area contributed by atoms with Gasteiger partial charge < -0.3 is 20.5 Å². The first-order valence-electron chi connectivity index (χ1n) is 8.17. The molecule has 0 bridgehead atoms. The number of carbonyl (C=O) groups is 3. The average molecular weight is 349 g/mol. The Balaban J connectivity index is 1.82. The fraction of sp³-hybridized carbons (Fsp3) is 0.471. The predicted octanol–water partition coefficient (Wildman–Crippen LogP) is 0.0468. The molecule has 1 unspecified atom stereocenters. The molecule has 1 aromatic carbocycles. The summed E-state index contributed by atoms with van der Waals surface area (Å²) in [5.74, 6) is 0.180. The Bertz CT molecular complexity index is 617. The number of rotatable bonds is 9. The van der Waals surface area contributed by atoms with Crippen molar-refractivity contribution in [1.29, 1.82) is 0 Å². The Morgan fingerprint density at radius 3 is 2.68 bits per heavy atom. The number of benzene rings is 1. The summed E-state index contributed by atoms with van der Waals surface area (Å²) < 4.78 is 5.09. The number of aliphatic hydroxyl groups excluding tert-OH is 1. The molecule has 1 heterocycles. The number of nitrogens with one attached hydrogen (secondary N) is 2. The normalized spacial score (nSPS) is 16.7. The number of methoxy groups -OCH3 is 1. The number of hydrogen-bond acceptors (Lipinski definition) is 5. The van der Waals surface area contributed by atoms with Crippen LogP contribution in [0.3, 0.4) is 0 Å². The van der Waals surface area contributed by atoms with Crippen molar-refractivity contribution in [3.8, 4) is 5.75 Å². The van der Waals surface area contributed by atoms with E-state index < -0.39 is 12.1 Å². The maximum Gasteiger partial charge on any atom is 0.324 e. The Labute approximate surface area is 146 Å². The Morgan fingerprint density at radius 1 is 1.32 bits per heavy atom. The van der Waals surface area contributed by atoms with E-state index in [4.69, 9.17) is 9.84 Å². The second-order valence-corrected chi connectivity index (χ2v) is 5.70. The number of urea groups is 1. The smallest absolute Gasteiger partial charge is 0.324 e. The minimum Gasteiger partial charge on any atom is -0.497 e. The molecule has 0 radical (unpaired) electrons. The molecule has 8 nitrogen and oxygen atoms in total. The fourth-order valence-electron chi connectivity index (χ4n) is 2.58. The van der Waals surface area contributed by atoms with Gasteiger partial charge in [0.05, 0.1) is 13.7 Å². The third-order valence-corrected chi connectivity index (χ3v) is 3.98. The second-order valence-electron chi connectivity index (χ2n) is 5.70. The summed E-state index contributed by atoms with van der Waals surface area (Å²) in [4.78, 5) is 37.0. The standard InChI is InChI=1S/C17H23N3O5/c1-25-13-4-2-12(3-5-13)8-10-20-16(23)14(19-17(20)24)6-7-15(22)18-9-11-21/h2-5,14,21H,6-11H2,1H3,(H,18,22)(H,19,24). The first-order chi connectivity index (χ1) is 12.0. The summed E-state index contributed by atoms with van der Waals surface area (Å²) in [6.45, 7) is 0.325. The van der Waals surface area contributed by atoms with Gasteiger partial charge in [-0.2, -0.15) is 0 Å². The summed E-state index contributed by atoms with van der Waals surface area (Å²) in [6, 6.07) is 6.33. The second kappa shape index (κ2) is 9.03. The molecule has 136 valence electrons. The van der Waals surface area contributed by atoms with Gasteiger partial charge in [-0.05, 0) is 30.5 Å². The molecule has 0 aromatic heterocycles. The number of amides is 4. The molecule has 1 aliphatic rings. The fourth-order valence-corrected chi connectivity index (χ4v) is 2.58. The van der Waals surface area contributed by atoms with Gasteiger partial charge in [-0.15, -0.1) is 0 Å². The molecule has 1 aliphatic heterocycles. The van der Waals surface area contributed by atoms with Gasteiger partial charge in [0, 0.05) is 19.5 Å². The SMILES string of the molecule is COc1ccc(CCN2C(=O)NC(CCC(=O)NCCO)C2=O)cc1. The lowest BCUT2D eigenvalue weighted by molar-refractivity contribution is -0.127. The molecule has 8 heteroatoms. The van der Waals surface area contributed by atoms with Crippen LogP contribution in [-0.4, -0.2) is 60.7 Å². The Kier molecular flexibility index (Phi) is 6.76. The van der Waals surface area contributed by atoms with E-state index in [2.05, 4.69) is 10.6 Å². The summed E-state index contributed by atoms with van der Waals surface area (Å²) in [6.07, 6.45) is 0.900. The van der Waals surface area contributed by atoms with Crippen molar-refractivity contribution < 1.29 is 24.2 Å². The maximum absolute atomic E-state index is 12.3. The lowest BCUT2D eigenvalue weighted by Crippen LogP contribution is -2.34. The van der Waals surface area contributed by atoms with Crippen LogP contribution in [0.4, 0.5) is 4.79 Å². The highest BCUT2D eigenvalue weighted by Crippen LogP contribution is 2.15. The van der Waals surface area contributed by atoms with Gasteiger partial charge >= 0.3 is 6.03 Å². The lowest BCUT2D eigenvalue weighted by atomic mass is 10.1.